The van der Waals surface area contributed by atoms with Crippen LogP contribution < -0.4 is 10.8 Å². The lowest BCUT2D eigenvalue weighted by molar-refractivity contribution is -0.139. The first kappa shape index (κ1) is 23.0. The first-order chi connectivity index (χ1) is 15.6. The largest absolute Gasteiger partial charge is 0.494 e. The molecule has 1 fully saturated rings. The molecule has 3 aromatic rings. The molecule has 33 heavy (non-hydrogen) atoms. The molecular weight excluding hydrogens is 417 g/mol. The first-order valence-electron chi connectivity index (χ1n) is 11.0. The number of hydrogen-bond acceptors (Lipinski definition) is 4. The number of benzene rings is 3. The summed E-state index contributed by atoms with van der Waals surface area (Å²) in [5.74, 6) is -1.49. The van der Waals surface area contributed by atoms with Crippen LogP contribution in [0.3, 0.4) is 0 Å². The Hall–Kier alpha value is -3.16. The second kappa shape index (κ2) is 8.65. The molecule has 7 heteroatoms. The summed E-state index contributed by atoms with van der Waals surface area (Å²) in [6.07, 6.45) is 0.162. The van der Waals surface area contributed by atoms with E-state index in [0.29, 0.717) is 5.56 Å². The molecule has 0 unspecified atom stereocenters. The maximum Gasteiger partial charge on any atom is 0.494 e. The monoisotopic (exact) mass is 445 g/mol. The fraction of sp³-hybridized carbons (Fsp3) is 0.308. The molecule has 0 aliphatic carbocycles. The lowest BCUT2D eigenvalue weighted by Gasteiger charge is -2.32. The molecule has 1 aliphatic rings. The Morgan fingerprint density at radius 1 is 0.909 bits per heavy atom. The van der Waals surface area contributed by atoms with E-state index in [4.69, 9.17) is 9.31 Å². The number of amides is 1. The van der Waals surface area contributed by atoms with E-state index in [-0.39, 0.29) is 6.42 Å². The zero-order valence-corrected chi connectivity index (χ0v) is 19.3. The molecule has 6 nitrogen and oxygen atoms in total. The third-order valence-corrected chi connectivity index (χ3v) is 6.58. The van der Waals surface area contributed by atoms with Gasteiger partial charge in [-0.2, -0.15) is 0 Å². The van der Waals surface area contributed by atoms with Crippen LogP contribution >= 0.6 is 0 Å². The number of carboxylic acids is 1. The molecule has 1 saturated heterocycles. The highest BCUT2D eigenvalue weighted by Crippen LogP contribution is 2.36. The van der Waals surface area contributed by atoms with Gasteiger partial charge in [0.15, 0.2) is 0 Å². The van der Waals surface area contributed by atoms with Crippen molar-refractivity contribution in [1.29, 1.82) is 0 Å². The van der Waals surface area contributed by atoms with Gasteiger partial charge >= 0.3 is 13.1 Å². The lowest BCUT2D eigenvalue weighted by atomic mass is 9.78. The molecule has 1 heterocycles. The maximum atomic E-state index is 12.9. The Kier molecular flexibility index (Phi) is 6.03. The maximum absolute atomic E-state index is 12.9. The summed E-state index contributed by atoms with van der Waals surface area (Å²) in [7, 11) is -0.481. The van der Waals surface area contributed by atoms with Gasteiger partial charge in [-0.15, -0.1) is 0 Å². The lowest BCUT2D eigenvalue weighted by Crippen LogP contribution is -2.42. The van der Waals surface area contributed by atoms with E-state index in [0.717, 1.165) is 21.8 Å². The summed E-state index contributed by atoms with van der Waals surface area (Å²) in [6.45, 7) is 7.99. The van der Waals surface area contributed by atoms with Crippen molar-refractivity contribution in [1.82, 2.24) is 5.32 Å². The number of aliphatic carboxylic acids is 1. The molecule has 1 amide bonds. The molecule has 0 saturated carbocycles. The normalized spacial score (nSPS) is 17.6. The topological polar surface area (TPSA) is 84.9 Å². The van der Waals surface area contributed by atoms with Crippen LogP contribution in [0.1, 0.15) is 43.6 Å². The Labute approximate surface area is 194 Å². The molecule has 4 rings (SSSR count). The van der Waals surface area contributed by atoms with Gasteiger partial charge in [0.2, 0.25) is 0 Å². The summed E-state index contributed by atoms with van der Waals surface area (Å²) in [4.78, 5) is 24.8. The summed E-state index contributed by atoms with van der Waals surface area (Å²) >= 11 is 0. The molecule has 0 bridgehead atoms. The Bertz CT molecular complexity index is 1170. The minimum Gasteiger partial charge on any atom is -0.480 e. The first-order valence-corrected chi connectivity index (χ1v) is 11.0. The molecule has 2 N–H and O–H groups in total. The van der Waals surface area contributed by atoms with Crippen molar-refractivity contribution in [2.75, 3.05) is 0 Å². The van der Waals surface area contributed by atoms with Gasteiger partial charge in [0.05, 0.1) is 11.2 Å². The van der Waals surface area contributed by atoms with E-state index < -0.39 is 36.2 Å². The van der Waals surface area contributed by atoms with Gasteiger partial charge < -0.3 is 19.7 Å². The molecule has 0 spiro atoms. The number of hydrogen-bond donors (Lipinski definition) is 2. The molecule has 1 atom stereocenters. The molecular formula is C26H28BNO5. The highest BCUT2D eigenvalue weighted by Gasteiger charge is 2.51. The van der Waals surface area contributed by atoms with Crippen LogP contribution in [0.2, 0.25) is 0 Å². The van der Waals surface area contributed by atoms with Crippen LogP contribution in [0.15, 0.2) is 66.7 Å². The van der Waals surface area contributed by atoms with Crippen LogP contribution in [0.25, 0.3) is 10.8 Å². The average molecular weight is 445 g/mol. The zero-order chi connectivity index (χ0) is 23.8. The number of fused-ring (bicyclic) bond motifs is 1. The van der Waals surface area contributed by atoms with Gasteiger partial charge in [0.25, 0.3) is 5.91 Å². The van der Waals surface area contributed by atoms with Crippen molar-refractivity contribution >= 4 is 35.2 Å². The van der Waals surface area contributed by atoms with E-state index >= 15 is 0 Å². The Morgan fingerprint density at radius 3 is 2.15 bits per heavy atom. The van der Waals surface area contributed by atoms with E-state index in [1.807, 2.05) is 82.3 Å². The standard InChI is InChI=1S/C26H28BNO5/c1-25(2)26(3,4)33-27(32-25)19-14-12-17(13-15-19)16-22(24(30)31)28-23(29)21-11-7-9-18-8-5-6-10-20(18)21/h5-15,22H,16H2,1-4H3,(H,28,29)(H,30,31)/t22-/m0/s1. The summed E-state index contributed by atoms with van der Waals surface area (Å²) in [5.41, 5.74) is 1.24. The van der Waals surface area contributed by atoms with Crippen molar-refractivity contribution < 1.29 is 24.0 Å². The van der Waals surface area contributed by atoms with E-state index in [9.17, 15) is 14.7 Å². The SMILES string of the molecule is CC1(C)OB(c2ccc(C[C@H](NC(=O)c3cccc4ccccc34)C(=O)O)cc2)OC1(C)C. The third kappa shape index (κ3) is 4.65. The second-order valence-electron chi connectivity index (χ2n) is 9.42. The van der Waals surface area contributed by atoms with Gasteiger partial charge in [0, 0.05) is 12.0 Å². The Morgan fingerprint density at radius 2 is 1.52 bits per heavy atom. The van der Waals surface area contributed by atoms with E-state index in [1.54, 1.807) is 12.1 Å². The van der Waals surface area contributed by atoms with Crippen LogP contribution in [-0.2, 0) is 20.5 Å². The second-order valence-corrected chi connectivity index (χ2v) is 9.42. The summed E-state index contributed by atoms with van der Waals surface area (Å²) < 4.78 is 12.1. The van der Waals surface area contributed by atoms with E-state index in [2.05, 4.69) is 5.32 Å². The minimum atomic E-state index is -1.08. The number of rotatable bonds is 6. The quantitative estimate of drug-likeness (QED) is 0.567. The summed E-state index contributed by atoms with van der Waals surface area (Å²) in [6, 6.07) is 19.3. The molecule has 3 aromatic carbocycles. The van der Waals surface area contributed by atoms with Crippen LogP contribution in [0, 0.1) is 0 Å². The van der Waals surface area contributed by atoms with E-state index in [1.165, 1.54) is 0 Å². The highest BCUT2D eigenvalue weighted by molar-refractivity contribution is 6.62. The van der Waals surface area contributed by atoms with Crippen LogP contribution in [-0.4, -0.2) is 41.3 Å². The Balaban J connectivity index is 1.47. The smallest absolute Gasteiger partial charge is 0.480 e. The minimum absolute atomic E-state index is 0.162. The predicted molar refractivity (Wildman–Crippen MR) is 129 cm³/mol. The summed E-state index contributed by atoms with van der Waals surface area (Å²) in [5, 5.41) is 14.1. The molecule has 0 radical (unpaired) electrons. The van der Waals surface area contributed by atoms with Crippen molar-refractivity contribution in [3.63, 3.8) is 0 Å². The zero-order valence-electron chi connectivity index (χ0n) is 19.3. The fourth-order valence-electron chi connectivity index (χ4n) is 3.89. The number of nitrogens with one attached hydrogen (secondary N) is 1. The number of carbonyl (C=O) groups is 2. The number of carbonyl (C=O) groups excluding carboxylic acids is 1. The van der Waals surface area contributed by atoms with Crippen molar-refractivity contribution in [2.24, 2.45) is 0 Å². The highest BCUT2D eigenvalue weighted by atomic mass is 16.7. The van der Waals surface area contributed by atoms with Crippen molar-refractivity contribution in [3.8, 4) is 0 Å². The van der Waals surface area contributed by atoms with Gasteiger partial charge in [0.1, 0.15) is 6.04 Å². The van der Waals surface area contributed by atoms with Crippen molar-refractivity contribution in [3.05, 3.63) is 77.9 Å². The van der Waals surface area contributed by atoms with Gasteiger partial charge in [-0.1, -0.05) is 60.7 Å². The van der Waals surface area contributed by atoms with Gasteiger partial charge in [-0.25, -0.2) is 4.79 Å². The van der Waals surface area contributed by atoms with Crippen LogP contribution in [0.4, 0.5) is 0 Å². The third-order valence-electron chi connectivity index (χ3n) is 6.58. The fourth-order valence-corrected chi connectivity index (χ4v) is 3.89. The van der Waals surface area contributed by atoms with Crippen LogP contribution in [0.5, 0.6) is 0 Å². The molecule has 170 valence electrons. The molecule has 1 aliphatic heterocycles. The van der Waals surface area contributed by atoms with Crippen molar-refractivity contribution in [2.45, 2.75) is 51.4 Å². The van der Waals surface area contributed by atoms with Gasteiger partial charge in [-0.3, -0.25) is 4.79 Å². The van der Waals surface area contributed by atoms with Gasteiger partial charge in [-0.05, 0) is 55.6 Å². The number of carboxylic acid groups (broad SMARTS) is 1. The predicted octanol–water partition coefficient (Wildman–Crippen LogP) is 3.56. The molecule has 0 aromatic heterocycles. The average Bonchev–Trinajstić information content (AvgIpc) is 3.00.